The molecule has 20 heavy (non-hydrogen) atoms. The zero-order valence-corrected chi connectivity index (χ0v) is 11.3. The van der Waals surface area contributed by atoms with E-state index in [1.54, 1.807) is 19.4 Å². The van der Waals surface area contributed by atoms with Gasteiger partial charge in [0, 0.05) is 0 Å². The van der Waals surface area contributed by atoms with Crippen molar-refractivity contribution in [2.24, 2.45) is 0 Å². The lowest BCUT2D eigenvalue weighted by molar-refractivity contribution is 0.410. The third kappa shape index (κ3) is 2.19. The minimum atomic E-state index is 0.273. The minimum Gasteiger partial charge on any atom is -0.496 e. The highest BCUT2D eigenvalue weighted by molar-refractivity contribution is 5.51. The summed E-state index contributed by atoms with van der Waals surface area (Å²) in [5, 5.41) is 12.2. The van der Waals surface area contributed by atoms with Crippen molar-refractivity contribution in [3.05, 3.63) is 53.3 Å². The maximum absolute atomic E-state index is 8.75. The Morgan fingerprint density at radius 3 is 2.95 bits per heavy atom. The molecule has 0 saturated carbocycles. The molecule has 0 aliphatic heterocycles. The summed E-state index contributed by atoms with van der Waals surface area (Å²) in [6.45, 7) is 0. The highest BCUT2D eigenvalue weighted by atomic mass is 16.5. The number of pyridine rings is 1. The molecule has 4 nitrogen and oxygen atoms in total. The minimum absolute atomic E-state index is 0.273. The van der Waals surface area contributed by atoms with Crippen LogP contribution in [0.4, 0.5) is 5.69 Å². The fourth-order valence-corrected chi connectivity index (χ4v) is 2.71. The van der Waals surface area contributed by atoms with Gasteiger partial charge in [0.1, 0.15) is 17.5 Å². The summed E-state index contributed by atoms with van der Waals surface area (Å²) in [7, 11) is 1.71. The average molecular weight is 265 g/mol. The second kappa shape index (κ2) is 5.22. The number of aromatic nitrogens is 1. The van der Waals surface area contributed by atoms with Gasteiger partial charge in [-0.1, -0.05) is 12.1 Å². The molecule has 1 aliphatic carbocycles. The third-order valence-electron chi connectivity index (χ3n) is 3.67. The molecule has 1 N–H and O–H groups in total. The van der Waals surface area contributed by atoms with E-state index in [9.17, 15) is 0 Å². The summed E-state index contributed by atoms with van der Waals surface area (Å²) in [6.07, 6.45) is 3.76. The molecule has 1 aromatic carbocycles. The Balaban J connectivity index is 1.83. The molecule has 4 heteroatoms. The number of hydrogen-bond donors (Lipinski definition) is 1. The van der Waals surface area contributed by atoms with Crippen LogP contribution in [0.1, 0.15) is 29.3 Å². The molecule has 0 spiro atoms. The quantitative estimate of drug-likeness (QED) is 0.926. The van der Waals surface area contributed by atoms with Gasteiger partial charge in [0.25, 0.3) is 0 Å². The van der Waals surface area contributed by atoms with Crippen molar-refractivity contribution in [1.82, 2.24) is 4.98 Å². The number of nitriles is 1. The highest BCUT2D eigenvalue weighted by Crippen LogP contribution is 2.38. The van der Waals surface area contributed by atoms with E-state index in [0.717, 1.165) is 24.3 Å². The number of rotatable bonds is 3. The van der Waals surface area contributed by atoms with Crippen LogP contribution in [0.3, 0.4) is 0 Å². The van der Waals surface area contributed by atoms with Crippen LogP contribution in [-0.2, 0) is 6.42 Å². The van der Waals surface area contributed by atoms with Crippen molar-refractivity contribution in [2.45, 2.75) is 18.9 Å². The molecule has 0 saturated heterocycles. The molecule has 0 fully saturated rings. The van der Waals surface area contributed by atoms with Crippen LogP contribution >= 0.6 is 0 Å². The zero-order valence-electron chi connectivity index (χ0n) is 11.3. The first kappa shape index (κ1) is 12.5. The van der Waals surface area contributed by atoms with E-state index in [4.69, 9.17) is 10.00 Å². The van der Waals surface area contributed by atoms with Gasteiger partial charge >= 0.3 is 0 Å². The second-order valence-electron chi connectivity index (χ2n) is 4.81. The Morgan fingerprint density at radius 1 is 1.35 bits per heavy atom. The van der Waals surface area contributed by atoms with E-state index in [2.05, 4.69) is 16.4 Å². The van der Waals surface area contributed by atoms with Crippen LogP contribution < -0.4 is 10.1 Å². The predicted octanol–water partition coefficient (Wildman–Crippen LogP) is 3.06. The van der Waals surface area contributed by atoms with Gasteiger partial charge in [-0.25, -0.2) is 4.98 Å². The van der Waals surface area contributed by atoms with E-state index in [0.29, 0.717) is 5.69 Å². The van der Waals surface area contributed by atoms with E-state index >= 15 is 0 Å². The normalized spacial score (nSPS) is 16.3. The van der Waals surface area contributed by atoms with E-state index in [1.165, 1.54) is 11.1 Å². The van der Waals surface area contributed by atoms with Gasteiger partial charge in [-0.05, 0) is 42.2 Å². The molecule has 0 amide bonds. The van der Waals surface area contributed by atoms with Crippen molar-refractivity contribution >= 4 is 5.69 Å². The van der Waals surface area contributed by atoms with Gasteiger partial charge in [-0.15, -0.1) is 0 Å². The SMILES string of the molecule is COc1cccc2c1CCC2Nc1ccc(C#N)nc1. The van der Waals surface area contributed by atoms with Crippen molar-refractivity contribution in [3.8, 4) is 11.8 Å². The summed E-state index contributed by atoms with van der Waals surface area (Å²) in [4.78, 5) is 4.08. The van der Waals surface area contributed by atoms with Gasteiger partial charge < -0.3 is 10.1 Å². The van der Waals surface area contributed by atoms with Crippen LogP contribution in [0.15, 0.2) is 36.5 Å². The smallest absolute Gasteiger partial charge is 0.140 e. The summed E-state index contributed by atoms with van der Waals surface area (Å²) in [6, 6.07) is 12.1. The number of fused-ring (bicyclic) bond motifs is 1. The highest BCUT2D eigenvalue weighted by Gasteiger charge is 2.24. The van der Waals surface area contributed by atoms with Gasteiger partial charge in [0.15, 0.2) is 0 Å². The second-order valence-corrected chi connectivity index (χ2v) is 4.81. The fraction of sp³-hybridized carbons (Fsp3) is 0.250. The maximum Gasteiger partial charge on any atom is 0.140 e. The molecule has 1 aliphatic rings. The standard InChI is InChI=1S/C16H15N3O/c1-20-16-4-2-3-13-14(16)7-8-15(13)19-12-6-5-11(9-17)18-10-12/h2-6,10,15,19H,7-8H2,1H3. The lowest BCUT2D eigenvalue weighted by atomic mass is 10.1. The van der Waals surface area contributed by atoms with Gasteiger partial charge in [-0.2, -0.15) is 5.26 Å². The topological polar surface area (TPSA) is 57.9 Å². The number of methoxy groups -OCH3 is 1. The molecule has 1 heterocycles. The Bertz CT molecular complexity index is 658. The summed E-state index contributed by atoms with van der Waals surface area (Å²) >= 11 is 0. The number of anilines is 1. The van der Waals surface area contributed by atoms with Crippen LogP contribution in [0, 0.1) is 11.3 Å². The molecule has 1 atom stereocenters. The van der Waals surface area contributed by atoms with Gasteiger partial charge in [0.05, 0.1) is 25.0 Å². The number of ether oxygens (including phenoxy) is 1. The van der Waals surface area contributed by atoms with Crippen molar-refractivity contribution in [3.63, 3.8) is 0 Å². The Kier molecular flexibility index (Phi) is 3.26. The lowest BCUT2D eigenvalue weighted by Crippen LogP contribution is -2.07. The Morgan fingerprint density at radius 2 is 2.25 bits per heavy atom. The number of hydrogen-bond acceptors (Lipinski definition) is 4. The third-order valence-corrected chi connectivity index (χ3v) is 3.67. The zero-order chi connectivity index (χ0) is 13.9. The molecule has 0 radical (unpaired) electrons. The van der Waals surface area contributed by atoms with Crippen molar-refractivity contribution in [2.75, 3.05) is 12.4 Å². The number of nitrogens with one attached hydrogen (secondary N) is 1. The van der Waals surface area contributed by atoms with Gasteiger partial charge in [-0.3, -0.25) is 0 Å². The van der Waals surface area contributed by atoms with E-state index in [1.807, 2.05) is 24.3 Å². The fourth-order valence-electron chi connectivity index (χ4n) is 2.71. The summed E-state index contributed by atoms with van der Waals surface area (Å²) < 4.78 is 5.41. The van der Waals surface area contributed by atoms with Crippen molar-refractivity contribution in [1.29, 1.82) is 5.26 Å². The first-order valence-electron chi connectivity index (χ1n) is 6.60. The predicted molar refractivity (Wildman–Crippen MR) is 76.6 cm³/mol. The van der Waals surface area contributed by atoms with E-state index < -0.39 is 0 Å². The Hall–Kier alpha value is -2.54. The average Bonchev–Trinajstić information content (AvgIpc) is 2.91. The van der Waals surface area contributed by atoms with Crippen molar-refractivity contribution < 1.29 is 4.74 Å². The molecular weight excluding hydrogens is 250 g/mol. The first-order chi connectivity index (χ1) is 9.81. The maximum atomic E-state index is 8.75. The summed E-state index contributed by atoms with van der Waals surface area (Å²) in [5.74, 6) is 0.963. The largest absolute Gasteiger partial charge is 0.496 e. The Labute approximate surface area is 118 Å². The molecule has 100 valence electrons. The van der Waals surface area contributed by atoms with Gasteiger partial charge in [0.2, 0.25) is 0 Å². The molecule has 3 rings (SSSR count). The van der Waals surface area contributed by atoms with Crippen LogP contribution in [0.25, 0.3) is 0 Å². The monoisotopic (exact) mass is 265 g/mol. The number of nitrogens with zero attached hydrogens (tertiary/aromatic N) is 2. The molecular formula is C16H15N3O. The van der Waals surface area contributed by atoms with Crippen LogP contribution in [0.2, 0.25) is 0 Å². The molecule has 0 bridgehead atoms. The number of benzene rings is 1. The van der Waals surface area contributed by atoms with Crippen LogP contribution in [0.5, 0.6) is 5.75 Å². The van der Waals surface area contributed by atoms with E-state index in [-0.39, 0.29) is 6.04 Å². The molecule has 1 aromatic heterocycles. The summed E-state index contributed by atoms with van der Waals surface area (Å²) in [5.41, 5.74) is 3.94. The van der Waals surface area contributed by atoms with Crippen LogP contribution in [-0.4, -0.2) is 12.1 Å². The first-order valence-corrected chi connectivity index (χ1v) is 6.60. The molecule has 1 unspecified atom stereocenters. The lowest BCUT2D eigenvalue weighted by Gasteiger charge is -2.15. The molecule has 2 aromatic rings.